The van der Waals surface area contributed by atoms with Crippen LogP contribution in [0.2, 0.25) is 0 Å². The molecule has 0 aliphatic heterocycles. The number of hydrogen-bond acceptors (Lipinski definition) is 6. The topological polar surface area (TPSA) is 85.1 Å². The fraction of sp³-hybridized carbons (Fsp3) is 0.357. The molecule has 0 aliphatic rings. The average molecular weight is 316 g/mol. The van der Waals surface area contributed by atoms with Crippen molar-refractivity contribution in [2.45, 2.75) is 33.2 Å². The number of fused-ring (bicyclic) bond motifs is 1. The number of nitrogens with one attached hydrogen (secondary N) is 1. The normalized spacial score (nSPS) is 12.5. The van der Waals surface area contributed by atoms with Gasteiger partial charge < -0.3 is 5.32 Å². The smallest absolute Gasteiger partial charge is 0.253 e. The quantitative estimate of drug-likeness (QED) is 0.796. The number of nitrogens with zero attached hydrogens (tertiary/aromatic N) is 5. The highest BCUT2D eigenvalue weighted by Crippen LogP contribution is 2.25. The van der Waals surface area contributed by atoms with Crippen LogP contribution in [0.3, 0.4) is 0 Å². The first-order valence-corrected chi connectivity index (χ1v) is 7.82. The minimum absolute atomic E-state index is 0.0885. The standard InChI is InChI=1S/C14H16N6OS/c1-4-11(14-15-8(2)9(3)22-14)16-13(21)10-5-6-12-17-18-19-20(12)7-10/h5-7,11H,4H2,1-3H3,(H,16,21)/t11-/m0/s1. The van der Waals surface area contributed by atoms with E-state index in [2.05, 4.69) is 25.8 Å². The molecule has 1 N–H and O–H groups in total. The molecular formula is C14H16N6OS. The Morgan fingerprint density at radius 1 is 1.41 bits per heavy atom. The molecule has 114 valence electrons. The minimum Gasteiger partial charge on any atom is -0.343 e. The molecule has 1 atom stereocenters. The number of carbonyl (C=O) groups is 1. The monoisotopic (exact) mass is 316 g/mol. The molecule has 0 radical (unpaired) electrons. The van der Waals surface area contributed by atoms with Crippen molar-refractivity contribution in [1.82, 2.24) is 30.3 Å². The third-order valence-electron chi connectivity index (χ3n) is 3.51. The Balaban J connectivity index is 1.81. The van der Waals surface area contributed by atoms with E-state index >= 15 is 0 Å². The van der Waals surface area contributed by atoms with Gasteiger partial charge in [-0.3, -0.25) is 4.79 Å². The maximum atomic E-state index is 12.4. The van der Waals surface area contributed by atoms with Crippen LogP contribution in [0.5, 0.6) is 0 Å². The third kappa shape index (κ3) is 2.69. The highest BCUT2D eigenvalue weighted by Gasteiger charge is 2.18. The van der Waals surface area contributed by atoms with Crippen molar-refractivity contribution >= 4 is 22.9 Å². The summed E-state index contributed by atoms with van der Waals surface area (Å²) in [6.45, 7) is 6.05. The largest absolute Gasteiger partial charge is 0.343 e. The summed E-state index contributed by atoms with van der Waals surface area (Å²) in [6, 6.07) is 3.34. The SMILES string of the molecule is CC[C@H](NC(=O)c1ccc2nnnn2c1)c1nc(C)c(C)s1. The van der Waals surface area contributed by atoms with Crippen molar-refractivity contribution in [3.05, 3.63) is 39.5 Å². The van der Waals surface area contributed by atoms with Crippen molar-refractivity contribution in [2.75, 3.05) is 0 Å². The molecule has 3 rings (SSSR count). The summed E-state index contributed by atoms with van der Waals surface area (Å²) < 4.78 is 1.48. The molecule has 0 bridgehead atoms. The first-order valence-electron chi connectivity index (χ1n) is 7.01. The molecule has 3 aromatic heterocycles. The zero-order chi connectivity index (χ0) is 15.7. The van der Waals surface area contributed by atoms with Crippen LogP contribution in [0.4, 0.5) is 0 Å². The number of pyridine rings is 1. The van der Waals surface area contributed by atoms with Crippen LogP contribution in [0, 0.1) is 13.8 Å². The Kier molecular flexibility index (Phi) is 3.84. The summed E-state index contributed by atoms with van der Waals surface area (Å²) in [5.74, 6) is -0.158. The van der Waals surface area contributed by atoms with Crippen molar-refractivity contribution < 1.29 is 4.79 Å². The highest BCUT2D eigenvalue weighted by atomic mass is 32.1. The third-order valence-corrected chi connectivity index (χ3v) is 4.70. The number of carbonyl (C=O) groups excluding carboxylic acids is 1. The number of tetrazole rings is 1. The van der Waals surface area contributed by atoms with E-state index in [1.54, 1.807) is 29.7 Å². The van der Waals surface area contributed by atoms with Gasteiger partial charge in [-0.05, 0) is 42.8 Å². The fourth-order valence-corrected chi connectivity index (χ4v) is 3.16. The second-order valence-corrected chi connectivity index (χ2v) is 6.26. The van der Waals surface area contributed by atoms with Crippen LogP contribution in [-0.2, 0) is 0 Å². The van der Waals surface area contributed by atoms with Gasteiger partial charge in [-0.1, -0.05) is 6.92 Å². The summed E-state index contributed by atoms with van der Waals surface area (Å²) in [5, 5.41) is 15.1. The Labute approximate surface area is 131 Å². The number of hydrogen-bond donors (Lipinski definition) is 1. The average Bonchev–Trinajstić information content (AvgIpc) is 3.10. The van der Waals surface area contributed by atoms with Gasteiger partial charge >= 0.3 is 0 Å². The lowest BCUT2D eigenvalue weighted by atomic mass is 10.2. The van der Waals surface area contributed by atoms with Crippen LogP contribution in [0.1, 0.15) is 45.3 Å². The van der Waals surface area contributed by atoms with Gasteiger partial charge in [-0.25, -0.2) is 4.98 Å². The zero-order valence-electron chi connectivity index (χ0n) is 12.6. The van der Waals surface area contributed by atoms with E-state index < -0.39 is 0 Å². The van der Waals surface area contributed by atoms with Gasteiger partial charge in [0.2, 0.25) is 0 Å². The molecule has 0 saturated carbocycles. The Hall–Kier alpha value is -2.35. The lowest BCUT2D eigenvalue weighted by Gasteiger charge is -2.14. The first kappa shape index (κ1) is 14.6. The fourth-order valence-electron chi connectivity index (χ4n) is 2.10. The molecule has 0 spiro atoms. The summed E-state index contributed by atoms with van der Waals surface area (Å²) in [6.07, 6.45) is 2.40. The lowest BCUT2D eigenvalue weighted by Crippen LogP contribution is -2.28. The maximum Gasteiger partial charge on any atom is 0.253 e. The highest BCUT2D eigenvalue weighted by molar-refractivity contribution is 7.11. The molecule has 3 aromatic rings. The van der Waals surface area contributed by atoms with E-state index in [4.69, 9.17) is 0 Å². The predicted molar refractivity (Wildman–Crippen MR) is 82.9 cm³/mol. The van der Waals surface area contributed by atoms with Crippen molar-refractivity contribution in [3.63, 3.8) is 0 Å². The molecule has 3 heterocycles. The van der Waals surface area contributed by atoms with Gasteiger partial charge in [-0.2, -0.15) is 4.52 Å². The van der Waals surface area contributed by atoms with Gasteiger partial charge in [0.15, 0.2) is 5.65 Å². The molecule has 7 nitrogen and oxygen atoms in total. The van der Waals surface area contributed by atoms with E-state index in [0.717, 1.165) is 17.1 Å². The molecule has 1 amide bonds. The summed E-state index contributed by atoms with van der Waals surface area (Å²) >= 11 is 1.62. The van der Waals surface area contributed by atoms with Crippen LogP contribution < -0.4 is 5.32 Å². The Morgan fingerprint density at radius 2 is 2.23 bits per heavy atom. The number of rotatable bonds is 4. The molecule has 0 saturated heterocycles. The van der Waals surface area contributed by atoms with E-state index in [-0.39, 0.29) is 11.9 Å². The zero-order valence-corrected chi connectivity index (χ0v) is 13.4. The van der Waals surface area contributed by atoms with Crippen molar-refractivity contribution in [2.24, 2.45) is 0 Å². The van der Waals surface area contributed by atoms with E-state index in [0.29, 0.717) is 11.2 Å². The molecule has 8 heteroatoms. The van der Waals surface area contributed by atoms with Crippen molar-refractivity contribution in [3.8, 4) is 0 Å². The second kappa shape index (κ2) is 5.80. The van der Waals surface area contributed by atoms with Gasteiger partial charge in [0.1, 0.15) is 5.01 Å². The van der Waals surface area contributed by atoms with Gasteiger partial charge in [0, 0.05) is 11.1 Å². The van der Waals surface area contributed by atoms with E-state index in [1.165, 1.54) is 9.39 Å². The van der Waals surface area contributed by atoms with E-state index in [1.807, 2.05) is 20.8 Å². The number of aryl methyl sites for hydroxylation is 2. The van der Waals surface area contributed by atoms with Gasteiger partial charge in [-0.15, -0.1) is 16.4 Å². The number of aromatic nitrogens is 5. The number of amides is 1. The van der Waals surface area contributed by atoms with Crippen LogP contribution in [-0.4, -0.2) is 30.9 Å². The predicted octanol–water partition coefficient (Wildman–Crippen LogP) is 2.08. The summed E-state index contributed by atoms with van der Waals surface area (Å²) in [7, 11) is 0. The Morgan fingerprint density at radius 3 is 2.91 bits per heavy atom. The first-order chi connectivity index (χ1) is 10.6. The number of thiazole rings is 1. The lowest BCUT2D eigenvalue weighted by molar-refractivity contribution is 0.0935. The molecule has 0 fully saturated rings. The van der Waals surface area contributed by atoms with Crippen LogP contribution in [0.25, 0.3) is 5.65 Å². The van der Waals surface area contributed by atoms with Crippen LogP contribution in [0.15, 0.2) is 18.3 Å². The minimum atomic E-state index is -0.158. The van der Waals surface area contributed by atoms with Crippen molar-refractivity contribution in [1.29, 1.82) is 0 Å². The second-order valence-electron chi connectivity index (χ2n) is 5.03. The van der Waals surface area contributed by atoms with Gasteiger partial charge in [0.05, 0.1) is 17.3 Å². The molecule has 0 unspecified atom stereocenters. The van der Waals surface area contributed by atoms with Gasteiger partial charge in [0.25, 0.3) is 5.91 Å². The van der Waals surface area contributed by atoms with Crippen LogP contribution >= 0.6 is 11.3 Å². The maximum absolute atomic E-state index is 12.4. The Bertz CT molecular complexity index is 804. The molecular weight excluding hydrogens is 300 g/mol. The summed E-state index contributed by atoms with van der Waals surface area (Å²) in [4.78, 5) is 18.1. The van der Waals surface area contributed by atoms with E-state index in [9.17, 15) is 4.79 Å². The molecule has 0 aromatic carbocycles. The molecule has 0 aliphatic carbocycles. The molecule has 22 heavy (non-hydrogen) atoms. The summed E-state index contributed by atoms with van der Waals surface area (Å²) in [5.41, 5.74) is 2.14.